The van der Waals surface area contributed by atoms with Crippen LogP contribution in [0.5, 0.6) is 0 Å². The number of aromatic nitrogens is 1. The fraction of sp³-hybridized carbons (Fsp3) is 0.400. The van der Waals surface area contributed by atoms with Crippen LogP contribution in [0.15, 0.2) is 60.0 Å². The van der Waals surface area contributed by atoms with Gasteiger partial charge in [-0.2, -0.15) is 0 Å². The van der Waals surface area contributed by atoms with Crippen molar-refractivity contribution in [3.05, 3.63) is 71.1 Å². The summed E-state index contributed by atoms with van der Waals surface area (Å²) in [5.74, 6) is -1.10. The van der Waals surface area contributed by atoms with Crippen molar-refractivity contribution in [1.29, 1.82) is 0 Å². The van der Waals surface area contributed by atoms with Crippen molar-refractivity contribution in [3.63, 3.8) is 0 Å². The van der Waals surface area contributed by atoms with Crippen LogP contribution in [0.1, 0.15) is 54.4 Å². The summed E-state index contributed by atoms with van der Waals surface area (Å²) in [7, 11) is 0. The van der Waals surface area contributed by atoms with E-state index in [-0.39, 0.29) is 36.4 Å². The van der Waals surface area contributed by atoms with Crippen LogP contribution in [0.4, 0.5) is 5.13 Å². The number of hydrogen-bond acceptors (Lipinski definition) is 7. The number of carbonyl (C=O) groups is 3. The second-order valence-corrected chi connectivity index (χ2v) is 11.5. The van der Waals surface area contributed by atoms with Crippen LogP contribution in [-0.4, -0.2) is 40.9 Å². The molecular formula is C30H32N4O4S. The maximum atomic E-state index is 13.4. The highest BCUT2D eigenvalue weighted by Crippen LogP contribution is 2.39. The summed E-state index contributed by atoms with van der Waals surface area (Å²) < 4.78 is 5.70. The fourth-order valence-corrected chi connectivity index (χ4v) is 6.41. The van der Waals surface area contributed by atoms with Gasteiger partial charge in [0.15, 0.2) is 5.13 Å². The van der Waals surface area contributed by atoms with Crippen molar-refractivity contribution in [2.24, 2.45) is 11.8 Å². The SMILES string of the molecule is O=C(NC1CC1)c1ccc(-c2csc(NC(=O)[C@H]3N[C@H]4CCCC[C@H]4C3C(=O)OCc3ccccc3)n2)cc1. The maximum absolute atomic E-state index is 13.4. The van der Waals surface area contributed by atoms with E-state index in [1.54, 1.807) is 12.1 Å². The lowest BCUT2D eigenvalue weighted by atomic mass is 9.78. The molecule has 0 bridgehead atoms. The molecule has 3 aliphatic rings. The summed E-state index contributed by atoms with van der Waals surface area (Å²) in [5.41, 5.74) is 3.12. The zero-order valence-corrected chi connectivity index (χ0v) is 22.4. The summed E-state index contributed by atoms with van der Waals surface area (Å²) in [5, 5.41) is 11.7. The van der Waals surface area contributed by atoms with Crippen LogP contribution in [0.25, 0.3) is 11.3 Å². The summed E-state index contributed by atoms with van der Waals surface area (Å²) in [6.07, 6.45) is 6.09. The molecule has 0 spiro atoms. The van der Waals surface area contributed by atoms with Gasteiger partial charge in [0.25, 0.3) is 5.91 Å². The van der Waals surface area contributed by atoms with Gasteiger partial charge in [0.1, 0.15) is 12.6 Å². The van der Waals surface area contributed by atoms with Crippen molar-refractivity contribution < 1.29 is 19.1 Å². The van der Waals surface area contributed by atoms with Crippen LogP contribution in [0, 0.1) is 11.8 Å². The predicted octanol–water partition coefficient (Wildman–Crippen LogP) is 4.53. The van der Waals surface area contributed by atoms with Crippen molar-refractivity contribution in [2.75, 3.05) is 5.32 Å². The van der Waals surface area contributed by atoms with Gasteiger partial charge in [0, 0.05) is 28.6 Å². The van der Waals surface area contributed by atoms with Crippen LogP contribution in [-0.2, 0) is 20.9 Å². The largest absolute Gasteiger partial charge is 0.461 e. The van der Waals surface area contributed by atoms with Gasteiger partial charge < -0.3 is 20.7 Å². The molecule has 0 radical (unpaired) electrons. The lowest BCUT2D eigenvalue weighted by Gasteiger charge is -2.27. The number of anilines is 1. The van der Waals surface area contributed by atoms with Gasteiger partial charge >= 0.3 is 5.97 Å². The number of carbonyl (C=O) groups excluding carboxylic acids is 3. The third kappa shape index (κ3) is 5.89. The van der Waals surface area contributed by atoms with E-state index in [0.717, 1.165) is 55.3 Å². The summed E-state index contributed by atoms with van der Waals surface area (Å²) in [6, 6.07) is 16.7. The number of amides is 2. The average Bonchev–Trinajstić information content (AvgIpc) is 3.51. The predicted molar refractivity (Wildman–Crippen MR) is 149 cm³/mol. The van der Waals surface area contributed by atoms with Crippen molar-refractivity contribution in [1.82, 2.24) is 15.6 Å². The molecule has 2 aliphatic carbocycles. The van der Waals surface area contributed by atoms with Gasteiger partial charge in [-0.1, -0.05) is 55.3 Å². The Balaban J connectivity index is 1.12. The molecule has 1 saturated heterocycles. The number of benzene rings is 2. The Kier molecular flexibility index (Phi) is 7.43. The highest BCUT2D eigenvalue weighted by Gasteiger charge is 2.51. The minimum Gasteiger partial charge on any atom is -0.461 e. The first-order chi connectivity index (χ1) is 19.0. The van der Waals surface area contributed by atoms with Gasteiger partial charge in [-0.3, -0.25) is 14.4 Å². The molecule has 2 aromatic carbocycles. The highest BCUT2D eigenvalue weighted by atomic mass is 32.1. The molecule has 39 heavy (non-hydrogen) atoms. The Morgan fingerprint density at radius 2 is 1.74 bits per heavy atom. The lowest BCUT2D eigenvalue weighted by molar-refractivity contribution is -0.153. The Morgan fingerprint density at radius 1 is 0.974 bits per heavy atom. The second kappa shape index (κ2) is 11.3. The monoisotopic (exact) mass is 544 g/mol. The number of fused-ring (bicyclic) bond motifs is 1. The van der Waals surface area contributed by atoms with E-state index in [1.807, 2.05) is 47.8 Å². The molecule has 202 valence electrons. The molecule has 2 saturated carbocycles. The van der Waals surface area contributed by atoms with E-state index in [1.165, 1.54) is 11.3 Å². The minimum absolute atomic E-state index is 0.0586. The second-order valence-electron chi connectivity index (χ2n) is 10.7. The molecule has 3 fully saturated rings. The normalized spacial score (nSPS) is 24.0. The number of esters is 1. The molecule has 8 nitrogen and oxygen atoms in total. The number of thiazole rings is 1. The Morgan fingerprint density at radius 3 is 2.51 bits per heavy atom. The number of nitrogens with zero attached hydrogens (tertiary/aromatic N) is 1. The Bertz CT molecular complexity index is 1340. The third-order valence-corrected chi connectivity index (χ3v) is 8.66. The van der Waals surface area contributed by atoms with E-state index < -0.39 is 12.0 Å². The van der Waals surface area contributed by atoms with E-state index in [0.29, 0.717) is 16.7 Å². The molecule has 1 aliphatic heterocycles. The first-order valence-corrected chi connectivity index (χ1v) is 14.6. The van der Waals surface area contributed by atoms with Crippen molar-refractivity contribution in [2.45, 2.75) is 63.3 Å². The van der Waals surface area contributed by atoms with Gasteiger partial charge in [-0.25, -0.2) is 4.98 Å². The topological polar surface area (TPSA) is 109 Å². The summed E-state index contributed by atoms with van der Waals surface area (Å²) in [6.45, 7) is 0.193. The van der Waals surface area contributed by atoms with E-state index in [2.05, 4.69) is 20.9 Å². The summed E-state index contributed by atoms with van der Waals surface area (Å²) >= 11 is 1.34. The molecular weight excluding hydrogens is 512 g/mol. The zero-order chi connectivity index (χ0) is 26.8. The molecule has 6 rings (SSSR count). The minimum atomic E-state index is -0.669. The number of nitrogens with one attached hydrogen (secondary N) is 3. The Hall–Kier alpha value is -3.56. The molecule has 2 amide bonds. The fourth-order valence-electron chi connectivity index (χ4n) is 5.69. The van der Waals surface area contributed by atoms with Crippen molar-refractivity contribution in [3.8, 4) is 11.3 Å². The van der Waals surface area contributed by atoms with Gasteiger partial charge in [0.2, 0.25) is 5.91 Å². The van der Waals surface area contributed by atoms with Crippen LogP contribution in [0.2, 0.25) is 0 Å². The van der Waals surface area contributed by atoms with Gasteiger partial charge in [0.05, 0.1) is 11.6 Å². The first-order valence-electron chi connectivity index (χ1n) is 13.7. The third-order valence-electron chi connectivity index (χ3n) is 7.90. The van der Waals surface area contributed by atoms with E-state index >= 15 is 0 Å². The summed E-state index contributed by atoms with van der Waals surface area (Å²) in [4.78, 5) is 43.6. The highest BCUT2D eigenvalue weighted by molar-refractivity contribution is 7.14. The molecule has 1 unspecified atom stereocenters. The number of ether oxygens (including phenoxy) is 1. The smallest absolute Gasteiger partial charge is 0.311 e. The van der Waals surface area contributed by atoms with Crippen molar-refractivity contribution >= 4 is 34.3 Å². The van der Waals surface area contributed by atoms with Gasteiger partial charge in [-0.15, -0.1) is 11.3 Å². The standard InChI is InChI=1S/C30H32N4O4S/c35-27(31-21-14-15-21)20-12-10-19(11-13-20)24-17-39-30(33-24)34-28(36)26-25(22-8-4-5-9-23(22)32-26)29(37)38-16-18-6-2-1-3-7-18/h1-3,6-7,10-13,17,21-23,25-26,32H,4-5,8-9,14-16H2,(H,31,35)(H,33,34,36)/t22-,23+,25?,26+/m1/s1. The quantitative estimate of drug-likeness (QED) is 0.360. The zero-order valence-electron chi connectivity index (χ0n) is 21.6. The molecule has 3 N–H and O–H groups in total. The average molecular weight is 545 g/mol. The molecule has 1 aromatic heterocycles. The molecule has 9 heteroatoms. The molecule has 3 aromatic rings. The number of rotatable bonds is 8. The number of hydrogen-bond donors (Lipinski definition) is 3. The maximum Gasteiger partial charge on any atom is 0.311 e. The molecule has 2 heterocycles. The van der Waals surface area contributed by atoms with Crippen LogP contribution in [0.3, 0.4) is 0 Å². The van der Waals surface area contributed by atoms with Crippen LogP contribution < -0.4 is 16.0 Å². The lowest BCUT2D eigenvalue weighted by Crippen LogP contribution is -2.44. The Labute approximate surface area is 231 Å². The molecule has 4 atom stereocenters. The first kappa shape index (κ1) is 25.7. The van der Waals surface area contributed by atoms with Gasteiger partial charge in [-0.05, 0) is 49.3 Å². The van der Waals surface area contributed by atoms with Crippen LogP contribution >= 0.6 is 11.3 Å². The van der Waals surface area contributed by atoms with E-state index in [9.17, 15) is 14.4 Å². The van der Waals surface area contributed by atoms with E-state index in [4.69, 9.17) is 4.74 Å².